The number of ether oxygens (including phenoxy) is 1. The molecule has 20 heavy (non-hydrogen) atoms. The SMILES string of the molecule is C=C/C=C(\C=C/C)CC(NC(=O)OC(C)(C)C)C(=O)O. The Bertz CT molecular complexity index is 416. The summed E-state index contributed by atoms with van der Waals surface area (Å²) in [4.78, 5) is 22.8. The van der Waals surface area contributed by atoms with Crippen LogP contribution in [0.1, 0.15) is 34.1 Å². The second-order valence-corrected chi connectivity index (χ2v) is 5.22. The maximum Gasteiger partial charge on any atom is 0.408 e. The molecule has 0 aromatic heterocycles. The van der Waals surface area contributed by atoms with Crippen molar-refractivity contribution < 1.29 is 19.4 Å². The number of alkyl carbamates (subject to hydrolysis) is 1. The fraction of sp³-hybridized carbons (Fsp3) is 0.467. The first-order valence-corrected chi connectivity index (χ1v) is 6.36. The van der Waals surface area contributed by atoms with Crippen LogP contribution in [0.2, 0.25) is 0 Å². The maximum absolute atomic E-state index is 11.6. The van der Waals surface area contributed by atoms with E-state index in [9.17, 15) is 9.59 Å². The predicted molar refractivity (Wildman–Crippen MR) is 78.5 cm³/mol. The highest BCUT2D eigenvalue weighted by Gasteiger charge is 2.24. The van der Waals surface area contributed by atoms with Crippen molar-refractivity contribution in [3.8, 4) is 0 Å². The van der Waals surface area contributed by atoms with Crippen LogP contribution < -0.4 is 5.32 Å². The summed E-state index contributed by atoms with van der Waals surface area (Å²) in [6.45, 7) is 10.5. The van der Waals surface area contributed by atoms with Crippen LogP contribution in [0.3, 0.4) is 0 Å². The molecule has 0 heterocycles. The van der Waals surface area contributed by atoms with Crippen LogP contribution in [0.25, 0.3) is 0 Å². The number of aliphatic carboxylic acids is 1. The van der Waals surface area contributed by atoms with Crippen molar-refractivity contribution in [2.45, 2.75) is 45.8 Å². The van der Waals surface area contributed by atoms with Crippen LogP contribution in [-0.2, 0) is 9.53 Å². The Morgan fingerprint density at radius 1 is 1.40 bits per heavy atom. The number of carbonyl (C=O) groups excluding carboxylic acids is 1. The molecule has 0 radical (unpaired) electrons. The molecular weight excluding hydrogens is 258 g/mol. The Morgan fingerprint density at radius 3 is 2.40 bits per heavy atom. The molecule has 0 saturated heterocycles. The molecule has 0 fully saturated rings. The van der Waals surface area contributed by atoms with Crippen molar-refractivity contribution in [1.29, 1.82) is 0 Å². The average Bonchev–Trinajstić information content (AvgIpc) is 2.25. The highest BCUT2D eigenvalue weighted by Crippen LogP contribution is 2.11. The van der Waals surface area contributed by atoms with Gasteiger partial charge in [0.15, 0.2) is 0 Å². The second kappa shape index (κ2) is 8.19. The molecule has 0 bridgehead atoms. The molecule has 0 aromatic rings. The van der Waals surface area contributed by atoms with E-state index < -0.39 is 23.7 Å². The van der Waals surface area contributed by atoms with Gasteiger partial charge in [-0.1, -0.05) is 30.9 Å². The number of nitrogens with one attached hydrogen (secondary N) is 1. The lowest BCUT2D eigenvalue weighted by Gasteiger charge is -2.22. The Labute approximate surface area is 120 Å². The zero-order valence-corrected chi connectivity index (χ0v) is 12.5. The van der Waals surface area contributed by atoms with Crippen LogP contribution in [0, 0.1) is 0 Å². The lowest BCUT2D eigenvalue weighted by atomic mass is 10.1. The Balaban J connectivity index is 4.82. The van der Waals surface area contributed by atoms with E-state index in [1.54, 1.807) is 45.1 Å². The topological polar surface area (TPSA) is 75.6 Å². The van der Waals surface area contributed by atoms with Crippen molar-refractivity contribution in [3.05, 3.63) is 36.5 Å². The highest BCUT2D eigenvalue weighted by molar-refractivity contribution is 5.80. The average molecular weight is 281 g/mol. The first kappa shape index (κ1) is 18.0. The summed E-state index contributed by atoms with van der Waals surface area (Å²) in [6.07, 6.45) is 6.25. The summed E-state index contributed by atoms with van der Waals surface area (Å²) in [7, 11) is 0. The van der Waals surface area contributed by atoms with Crippen molar-refractivity contribution in [2.24, 2.45) is 0 Å². The minimum Gasteiger partial charge on any atom is -0.480 e. The highest BCUT2D eigenvalue weighted by atomic mass is 16.6. The molecule has 1 amide bonds. The zero-order chi connectivity index (χ0) is 15.8. The number of carboxylic acids is 1. The van der Waals surface area contributed by atoms with Crippen molar-refractivity contribution >= 4 is 12.1 Å². The van der Waals surface area contributed by atoms with E-state index >= 15 is 0 Å². The van der Waals surface area contributed by atoms with E-state index in [4.69, 9.17) is 9.84 Å². The molecule has 0 rings (SSSR count). The lowest BCUT2D eigenvalue weighted by molar-refractivity contribution is -0.139. The van der Waals surface area contributed by atoms with Gasteiger partial charge >= 0.3 is 12.1 Å². The van der Waals surface area contributed by atoms with Crippen LogP contribution in [0.4, 0.5) is 4.79 Å². The fourth-order valence-electron chi connectivity index (χ4n) is 1.44. The first-order chi connectivity index (χ1) is 9.19. The third-order valence-corrected chi connectivity index (χ3v) is 2.14. The first-order valence-electron chi connectivity index (χ1n) is 6.36. The number of hydrogen-bond acceptors (Lipinski definition) is 3. The number of carbonyl (C=O) groups is 2. The number of carboxylic acid groups (broad SMARTS) is 1. The van der Waals surface area contributed by atoms with E-state index in [1.807, 2.05) is 6.92 Å². The molecule has 1 unspecified atom stereocenters. The van der Waals surface area contributed by atoms with Crippen LogP contribution >= 0.6 is 0 Å². The molecule has 0 aliphatic heterocycles. The molecule has 0 aromatic carbocycles. The zero-order valence-electron chi connectivity index (χ0n) is 12.5. The van der Waals surface area contributed by atoms with Gasteiger partial charge in [-0.25, -0.2) is 9.59 Å². The lowest BCUT2D eigenvalue weighted by Crippen LogP contribution is -2.43. The second-order valence-electron chi connectivity index (χ2n) is 5.22. The molecule has 0 aliphatic rings. The van der Waals surface area contributed by atoms with E-state index in [-0.39, 0.29) is 6.42 Å². The predicted octanol–water partition coefficient (Wildman–Crippen LogP) is 3.04. The molecule has 112 valence electrons. The molecule has 1 atom stereocenters. The van der Waals surface area contributed by atoms with Gasteiger partial charge in [-0.05, 0) is 33.3 Å². The van der Waals surface area contributed by atoms with E-state index in [2.05, 4.69) is 11.9 Å². The van der Waals surface area contributed by atoms with Gasteiger partial charge in [0.05, 0.1) is 0 Å². The van der Waals surface area contributed by atoms with Gasteiger partial charge in [0.2, 0.25) is 0 Å². The molecule has 0 saturated carbocycles. The maximum atomic E-state index is 11.6. The van der Waals surface area contributed by atoms with E-state index in [0.717, 1.165) is 5.57 Å². The van der Waals surface area contributed by atoms with Crippen molar-refractivity contribution in [2.75, 3.05) is 0 Å². The van der Waals surface area contributed by atoms with Gasteiger partial charge in [-0.2, -0.15) is 0 Å². The number of allylic oxidation sites excluding steroid dienone is 4. The van der Waals surface area contributed by atoms with Crippen LogP contribution in [0.15, 0.2) is 36.5 Å². The minimum absolute atomic E-state index is 0.158. The summed E-state index contributed by atoms with van der Waals surface area (Å²) >= 11 is 0. The third kappa shape index (κ3) is 8.13. The molecule has 0 aliphatic carbocycles. The van der Waals surface area contributed by atoms with Gasteiger partial charge in [0.1, 0.15) is 11.6 Å². The fourth-order valence-corrected chi connectivity index (χ4v) is 1.44. The quantitative estimate of drug-likeness (QED) is 0.734. The smallest absolute Gasteiger partial charge is 0.408 e. The van der Waals surface area contributed by atoms with Crippen molar-refractivity contribution in [1.82, 2.24) is 5.32 Å². The Kier molecular flexibility index (Phi) is 7.36. The van der Waals surface area contributed by atoms with Gasteiger partial charge < -0.3 is 15.2 Å². The number of hydrogen-bond donors (Lipinski definition) is 2. The summed E-state index contributed by atoms with van der Waals surface area (Å²) in [5.74, 6) is -1.12. The summed E-state index contributed by atoms with van der Waals surface area (Å²) in [5.41, 5.74) is 0.0851. The van der Waals surface area contributed by atoms with E-state index in [0.29, 0.717) is 0 Å². The van der Waals surface area contributed by atoms with E-state index in [1.165, 1.54) is 0 Å². The molecule has 5 heteroatoms. The Morgan fingerprint density at radius 2 is 2.00 bits per heavy atom. The van der Waals surface area contributed by atoms with Gasteiger partial charge in [-0.3, -0.25) is 0 Å². The largest absolute Gasteiger partial charge is 0.480 e. The number of amides is 1. The molecular formula is C15H23NO4. The summed E-state index contributed by atoms with van der Waals surface area (Å²) in [5, 5.41) is 11.5. The molecule has 0 spiro atoms. The Hall–Kier alpha value is -2.04. The summed E-state index contributed by atoms with van der Waals surface area (Å²) in [6, 6.07) is -1.05. The standard InChI is InChI=1S/C15H23NO4/c1-6-8-11(9-7-2)10-12(13(17)18)16-14(19)20-15(3,4)5/h6-9,12H,1,10H2,2-5H3,(H,16,19)(H,17,18)/b9-7-,11-8+. The summed E-state index contributed by atoms with van der Waals surface area (Å²) < 4.78 is 5.05. The van der Waals surface area contributed by atoms with Crippen LogP contribution in [-0.4, -0.2) is 28.8 Å². The van der Waals surface area contributed by atoms with Crippen molar-refractivity contribution in [3.63, 3.8) is 0 Å². The van der Waals surface area contributed by atoms with Gasteiger partial charge in [0, 0.05) is 6.42 Å². The molecule has 2 N–H and O–H groups in total. The van der Waals surface area contributed by atoms with Gasteiger partial charge in [0.25, 0.3) is 0 Å². The molecule has 5 nitrogen and oxygen atoms in total. The van der Waals surface area contributed by atoms with Gasteiger partial charge in [-0.15, -0.1) is 0 Å². The third-order valence-electron chi connectivity index (χ3n) is 2.14. The minimum atomic E-state index is -1.12. The monoisotopic (exact) mass is 281 g/mol. The normalized spacial score (nSPS) is 13.9. The number of rotatable bonds is 6. The van der Waals surface area contributed by atoms with Crippen LogP contribution in [0.5, 0.6) is 0 Å².